The van der Waals surface area contributed by atoms with Gasteiger partial charge in [-0.15, -0.1) is 0 Å². The first-order valence-corrected chi connectivity index (χ1v) is 10.6. The van der Waals surface area contributed by atoms with Crippen molar-refractivity contribution in [2.75, 3.05) is 42.6 Å². The first-order valence-electron chi connectivity index (χ1n) is 10.6. The van der Waals surface area contributed by atoms with E-state index in [9.17, 15) is 4.79 Å². The summed E-state index contributed by atoms with van der Waals surface area (Å²) in [6.45, 7) is 8.29. The Morgan fingerprint density at radius 3 is 2.52 bits per heavy atom. The van der Waals surface area contributed by atoms with E-state index in [1.165, 1.54) is 16.8 Å². The smallest absolute Gasteiger partial charge is 0.322 e. The largest absolute Gasteiger partial charge is 0.378 e. The molecule has 0 aliphatic carbocycles. The van der Waals surface area contributed by atoms with E-state index in [2.05, 4.69) is 54.4 Å². The number of urea groups is 1. The van der Waals surface area contributed by atoms with Gasteiger partial charge in [-0.2, -0.15) is 0 Å². The predicted octanol–water partition coefficient (Wildman–Crippen LogP) is 4.01. The molecule has 2 aliphatic rings. The Bertz CT molecular complexity index is 844. The monoisotopic (exact) mass is 393 g/mol. The Kier molecular flexibility index (Phi) is 5.76. The molecule has 0 unspecified atom stereocenters. The van der Waals surface area contributed by atoms with Crippen molar-refractivity contribution in [2.24, 2.45) is 0 Å². The highest BCUT2D eigenvalue weighted by molar-refractivity contribution is 5.96. The molecule has 0 aromatic heterocycles. The van der Waals surface area contributed by atoms with E-state index in [-0.39, 0.29) is 11.6 Å². The normalized spacial score (nSPS) is 18.3. The number of hydrogen-bond acceptors (Lipinski definition) is 3. The minimum Gasteiger partial charge on any atom is -0.378 e. The highest BCUT2D eigenvalue weighted by Gasteiger charge is 2.38. The molecule has 2 aromatic rings. The maximum Gasteiger partial charge on any atom is 0.322 e. The molecule has 4 rings (SSSR count). The molecule has 1 N–H and O–H groups in total. The van der Waals surface area contributed by atoms with E-state index in [0.29, 0.717) is 6.54 Å². The molecule has 5 nitrogen and oxygen atoms in total. The lowest BCUT2D eigenvalue weighted by Gasteiger charge is -2.45. The number of nitrogens with zero attached hydrogens (tertiary/aromatic N) is 2. The van der Waals surface area contributed by atoms with E-state index in [1.54, 1.807) is 0 Å². The molecule has 1 saturated heterocycles. The van der Waals surface area contributed by atoms with E-state index < -0.39 is 0 Å². The number of amides is 2. The van der Waals surface area contributed by atoms with Crippen molar-refractivity contribution in [1.82, 2.24) is 5.32 Å². The fraction of sp³-hybridized carbons (Fsp3) is 0.458. The molecule has 0 atom stereocenters. The highest BCUT2D eigenvalue weighted by atomic mass is 16.5. The summed E-state index contributed by atoms with van der Waals surface area (Å²) in [4.78, 5) is 17.6. The summed E-state index contributed by atoms with van der Waals surface area (Å²) in [6, 6.07) is 16.6. The van der Waals surface area contributed by atoms with Crippen LogP contribution in [0.1, 0.15) is 31.4 Å². The number of carbonyl (C=O) groups is 1. The van der Waals surface area contributed by atoms with Gasteiger partial charge in [0.2, 0.25) is 0 Å². The molecule has 2 amide bonds. The maximum absolute atomic E-state index is 13.2. The van der Waals surface area contributed by atoms with E-state index >= 15 is 0 Å². The second kappa shape index (κ2) is 8.46. The third-order valence-electron chi connectivity index (χ3n) is 6.05. The van der Waals surface area contributed by atoms with Crippen molar-refractivity contribution in [1.29, 1.82) is 0 Å². The van der Waals surface area contributed by atoms with Crippen LogP contribution in [0.4, 0.5) is 16.2 Å². The third kappa shape index (κ3) is 4.25. The Labute approximate surface area is 173 Å². The topological polar surface area (TPSA) is 44.8 Å². The van der Waals surface area contributed by atoms with Crippen LogP contribution in [0.3, 0.4) is 0 Å². The van der Waals surface area contributed by atoms with Crippen LogP contribution < -0.4 is 15.1 Å². The van der Waals surface area contributed by atoms with Crippen LogP contribution in [-0.4, -0.2) is 44.4 Å². The molecule has 2 aliphatic heterocycles. The zero-order valence-corrected chi connectivity index (χ0v) is 17.5. The summed E-state index contributed by atoms with van der Waals surface area (Å²) in [5.74, 6) is 0. The van der Waals surface area contributed by atoms with Crippen LogP contribution in [0.5, 0.6) is 0 Å². The van der Waals surface area contributed by atoms with Crippen molar-refractivity contribution in [3.8, 4) is 0 Å². The number of anilines is 2. The van der Waals surface area contributed by atoms with Crippen LogP contribution in [0.2, 0.25) is 0 Å². The van der Waals surface area contributed by atoms with Crippen molar-refractivity contribution in [3.05, 3.63) is 59.7 Å². The molecule has 29 heavy (non-hydrogen) atoms. The number of hydrogen-bond donors (Lipinski definition) is 1. The van der Waals surface area contributed by atoms with Crippen molar-refractivity contribution in [2.45, 2.75) is 38.6 Å². The molecule has 154 valence electrons. The Balaban J connectivity index is 1.54. The van der Waals surface area contributed by atoms with Gasteiger partial charge in [-0.25, -0.2) is 4.79 Å². The lowest BCUT2D eigenvalue weighted by molar-refractivity contribution is 0.122. The number of carbonyl (C=O) groups excluding carboxylic acids is 1. The average Bonchev–Trinajstić information content (AvgIpc) is 2.74. The molecule has 5 heteroatoms. The second-order valence-corrected chi connectivity index (χ2v) is 8.49. The van der Waals surface area contributed by atoms with Gasteiger partial charge in [-0.3, -0.25) is 4.90 Å². The standard InChI is InChI=1S/C24H31N3O2/c1-24(2)13-11-20-21(26-15-17-29-18-16-26)9-6-10-22(20)27(24)23(28)25-14-12-19-7-4-3-5-8-19/h3-10H,11-18H2,1-2H3,(H,25,28). The molecule has 0 bridgehead atoms. The number of benzene rings is 2. The molecule has 1 fully saturated rings. The fourth-order valence-corrected chi connectivity index (χ4v) is 4.42. The van der Waals surface area contributed by atoms with E-state index in [4.69, 9.17) is 4.74 Å². The van der Waals surface area contributed by atoms with Crippen LogP contribution >= 0.6 is 0 Å². The SMILES string of the molecule is CC1(C)CCc2c(N3CCOCC3)cccc2N1C(=O)NCCc1ccccc1. The zero-order chi connectivity index (χ0) is 20.3. The number of ether oxygens (including phenoxy) is 1. The van der Waals surface area contributed by atoms with Gasteiger partial charge in [-0.1, -0.05) is 36.4 Å². The average molecular weight is 394 g/mol. The molecule has 2 heterocycles. The highest BCUT2D eigenvalue weighted by Crippen LogP contribution is 2.41. The molecule has 0 spiro atoms. The first-order chi connectivity index (χ1) is 14.1. The van der Waals surface area contributed by atoms with Crippen LogP contribution in [0.25, 0.3) is 0 Å². The number of rotatable bonds is 4. The van der Waals surface area contributed by atoms with Gasteiger partial charge in [0.15, 0.2) is 0 Å². The van der Waals surface area contributed by atoms with Gasteiger partial charge in [0.1, 0.15) is 0 Å². The molecular formula is C24H31N3O2. The quantitative estimate of drug-likeness (QED) is 0.854. The van der Waals surface area contributed by atoms with E-state index in [1.807, 2.05) is 23.1 Å². The predicted molar refractivity (Wildman–Crippen MR) is 118 cm³/mol. The van der Waals surface area contributed by atoms with Crippen LogP contribution in [-0.2, 0) is 17.6 Å². The Morgan fingerprint density at radius 1 is 1.03 bits per heavy atom. The fourth-order valence-electron chi connectivity index (χ4n) is 4.42. The Morgan fingerprint density at radius 2 is 1.76 bits per heavy atom. The van der Waals surface area contributed by atoms with E-state index in [0.717, 1.165) is 51.3 Å². The van der Waals surface area contributed by atoms with Crippen molar-refractivity contribution >= 4 is 17.4 Å². The zero-order valence-electron chi connectivity index (χ0n) is 17.5. The number of fused-ring (bicyclic) bond motifs is 1. The number of nitrogens with one attached hydrogen (secondary N) is 1. The maximum atomic E-state index is 13.2. The minimum atomic E-state index is -0.215. The lowest BCUT2D eigenvalue weighted by atomic mass is 9.86. The molecule has 0 saturated carbocycles. The van der Waals surface area contributed by atoms with Gasteiger partial charge >= 0.3 is 6.03 Å². The first kappa shape index (κ1) is 19.8. The Hall–Kier alpha value is -2.53. The molecule has 0 radical (unpaired) electrons. The summed E-state index contributed by atoms with van der Waals surface area (Å²) >= 11 is 0. The van der Waals surface area contributed by atoms with Gasteiger partial charge < -0.3 is 15.0 Å². The summed E-state index contributed by atoms with van der Waals surface area (Å²) in [7, 11) is 0. The van der Waals surface area contributed by atoms with Gasteiger partial charge in [0, 0.05) is 30.9 Å². The lowest BCUT2D eigenvalue weighted by Crippen LogP contribution is -2.55. The van der Waals surface area contributed by atoms with Crippen molar-refractivity contribution < 1.29 is 9.53 Å². The van der Waals surface area contributed by atoms with Gasteiger partial charge in [0.25, 0.3) is 0 Å². The summed E-state index contributed by atoms with van der Waals surface area (Å²) in [5, 5.41) is 3.15. The van der Waals surface area contributed by atoms with Gasteiger partial charge in [-0.05, 0) is 56.4 Å². The summed E-state index contributed by atoms with van der Waals surface area (Å²) < 4.78 is 5.52. The number of morpholine rings is 1. The third-order valence-corrected chi connectivity index (χ3v) is 6.05. The summed E-state index contributed by atoms with van der Waals surface area (Å²) in [5.41, 5.74) is 4.60. The van der Waals surface area contributed by atoms with Crippen LogP contribution in [0.15, 0.2) is 48.5 Å². The second-order valence-electron chi connectivity index (χ2n) is 8.49. The minimum absolute atomic E-state index is 0.00833. The van der Waals surface area contributed by atoms with Crippen molar-refractivity contribution in [3.63, 3.8) is 0 Å². The van der Waals surface area contributed by atoms with Crippen LogP contribution in [0, 0.1) is 0 Å². The molecular weight excluding hydrogens is 362 g/mol. The molecule has 2 aromatic carbocycles. The van der Waals surface area contributed by atoms with Gasteiger partial charge in [0.05, 0.1) is 18.9 Å². The summed E-state index contributed by atoms with van der Waals surface area (Å²) in [6.07, 6.45) is 2.78.